The molecule has 2 aliphatic rings. The van der Waals surface area contributed by atoms with Crippen molar-refractivity contribution in [2.24, 2.45) is 0 Å². The molecule has 3 N–H and O–H groups in total. The van der Waals surface area contributed by atoms with Gasteiger partial charge in [-0.2, -0.15) is 0 Å². The van der Waals surface area contributed by atoms with Crippen molar-refractivity contribution in [2.75, 3.05) is 5.32 Å². The van der Waals surface area contributed by atoms with Crippen molar-refractivity contribution in [1.82, 2.24) is 15.5 Å². The van der Waals surface area contributed by atoms with E-state index in [1.807, 2.05) is 4.90 Å². The highest BCUT2D eigenvalue weighted by Gasteiger charge is 2.34. The molecule has 0 aliphatic carbocycles. The molecular formula is C21H18Cl2N4O4. The SMILES string of the molecule is O=C1CCC(N2Cc3ccc(C(=O)NC(=O)Nc4c(Cl)cccc4Cl)cc3C2)C(=O)N1. The number of rotatable bonds is 3. The summed E-state index contributed by atoms with van der Waals surface area (Å²) in [5.74, 6) is -1.13. The summed E-state index contributed by atoms with van der Waals surface area (Å²) in [5.41, 5.74) is 2.41. The van der Waals surface area contributed by atoms with Crippen LogP contribution < -0.4 is 16.0 Å². The number of nitrogens with one attached hydrogen (secondary N) is 3. The Bertz CT molecular complexity index is 1080. The lowest BCUT2D eigenvalue weighted by Gasteiger charge is -2.29. The van der Waals surface area contributed by atoms with Gasteiger partial charge < -0.3 is 5.32 Å². The number of hydrogen-bond acceptors (Lipinski definition) is 5. The lowest BCUT2D eigenvalue weighted by Crippen LogP contribution is -2.50. The van der Waals surface area contributed by atoms with Gasteiger partial charge in [-0.3, -0.25) is 29.9 Å². The van der Waals surface area contributed by atoms with Crippen LogP contribution in [0.1, 0.15) is 34.3 Å². The molecule has 1 atom stereocenters. The molecule has 0 radical (unpaired) electrons. The van der Waals surface area contributed by atoms with Crippen LogP contribution in [0, 0.1) is 0 Å². The summed E-state index contributed by atoms with van der Waals surface area (Å²) in [5, 5.41) is 7.60. The third kappa shape index (κ3) is 4.56. The maximum atomic E-state index is 12.5. The smallest absolute Gasteiger partial charge is 0.305 e. The van der Waals surface area contributed by atoms with Crippen LogP contribution in [0.2, 0.25) is 10.0 Å². The van der Waals surface area contributed by atoms with Crippen molar-refractivity contribution in [3.63, 3.8) is 0 Å². The van der Waals surface area contributed by atoms with Gasteiger partial charge in [0.2, 0.25) is 11.8 Å². The van der Waals surface area contributed by atoms with Crippen LogP contribution in [0.4, 0.5) is 10.5 Å². The molecule has 2 aromatic rings. The number of benzene rings is 2. The second-order valence-electron chi connectivity index (χ2n) is 7.36. The zero-order chi connectivity index (χ0) is 22.1. The predicted molar refractivity (Wildman–Crippen MR) is 115 cm³/mol. The molecule has 2 aromatic carbocycles. The fourth-order valence-corrected chi connectivity index (χ4v) is 4.24. The van der Waals surface area contributed by atoms with Crippen molar-refractivity contribution >= 4 is 52.6 Å². The van der Waals surface area contributed by atoms with E-state index in [1.54, 1.807) is 36.4 Å². The number of imide groups is 2. The monoisotopic (exact) mass is 460 g/mol. The van der Waals surface area contributed by atoms with Crippen LogP contribution in [0.25, 0.3) is 0 Å². The fourth-order valence-electron chi connectivity index (χ4n) is 3.75. The minimum absolute atomic E-state index is 0.213. The standard InChI is InChI=1S/C21H18Cl2N4O4/c22-14-2-1-3-15(23)18(14)25-21(31)26-19(29)11-4-5-12-9-27(10-13(12)8-11)16-6-7-17(28)24-20(16)30/h1-5,8,16H,6-7,9-10H2,(H,24,28,30)(H2,25,26,29,31). The van der Waals surface area contributed by atoms with Gasteiger partial charge in [-0.05, 0) is 41.8 Å². The zero-order valence-corrected chi connectivity index (χ0v) is 17.7. The van der Waals surface area contributed by atoms with Crippen LogP contribution in [0.3, 0.4) is 0 Å². The number of nitrogens with zero attached hydrogens (tertiary/aromatic N) is 1. The van der Waals surface area contributed by atoms with Gasteiger partial charge in [0.25, 0.3) is 5.91 Å². The number of hydrogen-bond donors (Lipinski definition) is 3. The summed E-state index contributed by atoms with van der Waals surface area (Å²) in [6, 6.07) is 8.77. The molecule has 2 heterocycles. The number of carbonyl (C=O) groups is 4. The van der Waals surface area contributed by atoms with Crippen molar-refractivity contribution in [1.29, 1.82) is 0 Å². The maximum Gasteiger partial charge on any atom is 0.326 e. The summed E-state index contributed by atoms with van der Waals surface area (Å²) >= 11 is 12.0. The van der Waals surface area contributed by atoms with E-state index in [0.29, 0.717) is 31.5 Å². The molecule has 1 fully saturated rings. The summed E-state index contributed by atoms with van der Waals surface area (Å²) in [7, 11) is 0. The molecule has 10 heteroatoms. The highest BCUT2D eigenvalue weighted by molar-refractivity contribution is 6.39. The van der Waals surface area contributed by atoms with Gasteiger partial charge in [0.05, 0.1) is 21.8 Å². The molecule has 0 saturated carbocycles. The Morgan fingerprint density at radius 3 is 2.45 bits per heavy atom. The quantitative estimate of drug-likeness (QED) is 0.609. The Morgan fingerprint density at radius 2 is 1.74 bits per heavy atom. The molecule has 2 aliphatic heterocycles. The van der Waals surface area contributed by atoms with Gasteiger partial charge in [0, 0.05) is 25.1 Å². The molecule has 1 saturated heterocycles. The van der Waals surface area contributed by atoms with Crippen molar-refractivity contribution in [2.45, 2.75) is 32.0 Å². The Hall–Kier alpha value is -2.94. The lowest BCUT2D eigenvalue weighted by molar-refractivity contribution is -0.137. The fraction of sp³-hybridized carbons (Fsp3) is 0.238. The van der Waals surface area contributed by atoms with Crippen molar-refractivity contribution in [3.8, 4) is 0 Å². The van der Waals surface area contributed by atoms with Crippen molar-refractivity contribution in [3.05, 3.63) is 63.1 Å². The Morgan fingerprint density at radius 1 is 1.03 bits per heavy atom. The van der Waals surface area contributed by atoms with Gasteiger partial charge >= 0.3 is 6.03 Å². The normalized spacial score (nSPS) is 18.3. The topological polar surface area (TPSA) is 108 Å². The Kier molecular flexibility index (Phi) is 5.95. The highest BCUT2D eigenvalue weighted by atomic mass is 35.5. The molecule has 0 aromatic heterocycles. The average Bonchev–Trinajstić information content (AvgIpc) is 3.13. The number of anilines is 1. The van der Waals surface area contributed by atoms with Gasteiger partial charge in [0.15, 0.2) is 0 Å². The van der Waals surface area contributed by atoms with Crippen LogP contribution in [-0.4, -0.2) is 34.7 Å². The Labute approximate surface area is 187 Å². The number of halogens is 2. The van der Waals surface area contributed by atoms with Crippen LogP contribution >= 0.6 is 23.2 Å². The minimum atomic E-state index is -0.759. The number of para-hydroxylation sites is 1. The number of carbonyl (C=O) groups excluding carboxylic acids is 4. The van der Waals surface area contributed by atoms with E-state index >= 15 is 0 Å². The molecule has 1 unspecified atom stereocenters. The van der Waals surface area contributed by atoms with Gasteiger partial charge in [-0.1, -0.05) is 35.3 Å². The van der Waals surface area contributed by atoms with Gasteiger partial charge in [-0.25, -0.2) is 4.79 Å². The van der Waals surface area contributed by atoms with E-state index in [4.69, 9.17) is 23.2 Å². The van der Waals surface area contributed by atoms with E-state index in [2.05, 4.69) is 16.0 Å². The number of urea groups is 1. The van der Waals surface area contributed by atoms with E-state index in [-0.39, 0.29) is 33.6 Å². The third-order valence-corrected chi connectivity index (χ3v) is 5.92. The summed E-state index contributed by atoms with van der Waals surface area (Å²) < 4.78 is 0. The van der Waals surface area contributed by atoms with Crippen LogP contribution in [0.5, 0.6) is 0 Å². The number of piperidine rings is 1. The van der Waals surface area contributed by atoms with Crippen LogP contribution in [-0.2, 0) is 22.7 Å². The molecule has 0 bridgehead atoms. The highest BCUT2D eigenvalue weighted by Crippen LogP contribution is 2.30. The predicted octanol–water partition coefficient (Wildman–Crippen LogP) is 3.08. The van der Waals surface area contributed by atoms with Gasteiger partial charge in [-0.15, -0.1) is 0 Å². The largest absolute Gasteiger partial charge is 0.326 e. The molecule has 8 nitrogen and oxygen atoms in total. The summed E-state index contributed by atoms with van der Waals surface area (Å²) in [6.07, 6.45) is 0.776. The zero-order valence-electron chi connectivity index (χ0n) is 16.2. The molecule has 5 amide bonds. The van der Waals surface area contributed by atoms with E-state index < -0.39 is 11.9 Å². The first-order chi connectivity index (χ1) is 14.8. The third-order valence-electron chi connectivity index (χ3n) is 5.29. The molecular weight excluding hydrogens is 443 g/mol. The van der Waals surface area contributed by atoms with E-state index in [0.717, 1.165) is 11.1 Å². The second-order valence-corrected chi connectivity index (χ2v) is 8.17. The molecule has 0 spiro atoms. The first kappa shape index (κ1) is 21.3. The summed E-state index contributed by atoms with van der Waals surface area (Å²) in [6.45, 7) is 1.03. The minimum Gasteiger partial charge on any atom is -0.305 e. The second kappa shape index (κ2) is 8.66. The van der Waals surface area contributed by atoms with E-state index in [1.165, 1.54) is 0 Å². The van der Waals surface area contributed by atoms with Crippen LogP contribution in [0.15, 0.2) is 36.4 Å². The first-order valence-electron chi connectivity index (χ1n) is 9.57. The first-order valence-corrected chi connectivity index (χ1v) is 10.3. The average molecular weight is 461 g/mol. The molecule has 31 heavy (non-hydrogen) atoms. The lowest BCUT2D eigenvalue weighted by atomic mass is 10.0. The Balaban J connectivity index is 1.41. The van der Waals surface area contributed by atoms with Crippen molar-refractivity contribution < 1.29 is 19.2 Å². The maximum absolute atomic E-state index is 12.5. The van der Waals surface area contributed by atoms with E-state index in [9.17, 15) is 19.2 Å². The molecule has 160 valence electrons. The molecule has 4 rings (SSSR count). The summed E-state index contributed by atoms with van der Waals surface area (Å²) in [4.78, 5) is 50.2. The number of fused-ring (bicyclic) bond motifs is 1. The number of amides is 5. The van der Waals surface area contributed by atoms with Gasteiger partial charge in [0.1, 0.15) is 0 Å².